The first-order valence-electron chi connectivity index (χ1n) is 10.6. The van der Waals surface area contributed by atoms with Gasteiger partial charge in [-0.05, 0) is 12.3 Å². The van der Waals surface area contributed by atoms with Gasteiger partial charge in [0.15, 0.2) is 17.8 Å². The number of carbonyl (C=O) groups is 3. The predicted octanol–water partition coefficient (Wildman–Crippen LogP) is -2.11. The van der Waals surface area contributed by atoms with E-state index >= 15 is 0 Å². The number of aliphatic hydroxyl groups excluding tert-OH is 2. The van der Waals surface area contributed by atoms with Crippen LogP contribution in [-0.4, -0.2) is 93.8 Å². The van der Waals surface area contributed by atoms with E-state index in [1.807, 2.05) is 0 Å². The summed E-state index contributed by atoms with van der Waals surface area (Å²) in [6, 6.07) is 0. The number of aliphatic hydroxyl groups is 4. The molecule has 0 aromatic rings. The number of esters is 3. The molecule has 5 rings (SSSR count). The zero-order valence-electron chi connectivity index (χ0n) is 18.4. The minimum absolute atomic E-state index is 0.416. The SMILES string of the molecule is CO[C@H]1C(=O)OCC12[C@H](C(C)(C)C)[C@@H](O)C1OC(=O)C3(O)C12[C@@H](O)C1OC(=O)[C@@H](C)[C@@]13O. The van der Waals surface area contributed by atoms with Crippen LogP contribution in [0.4, 0.5) is 0 Å². The molecule has 3 heterocycles. The van der Waals surface area contributed by atoms with Crippen molar-refractivity contribution in [2.75, 3.05) is 13.7 Å². The summed E-state index contributed by atoms with van der Waals surface area (Å²) in [5, 5.41) is 47.0. The van der Waals surface area contributed by atoms with E-state index in [0.717, 1.165) is 0 Å². The average molecular weight is 456 g/mol. The molecule has 2 spiro atoms. The van der Waals surface area contributed by atoms with E-state index in [-0.39, 0.29) is 0 Å². The van der Waals surface area contributed by atoms with Gasteiger partial charge in [0.25, 0.3) is 0 Å². The zero-order valence-corrected chi connectivity index (χ0v) is 18.4. The Morgan fingerprint density at radius 2 is 1.66 bits per heavy atom. The molecule has 0 aromatic heterocycles. The van der Waals surface area contributed by atoms with Gasteiger partial charge in [0.05, 0.1) is 22.9 Å². The lowest BCUT2D eigenvalue weighted by atomic mass is 9.49. The van der Waals surface area contributed by atoms with E-state index in [1.165, 1.54) is 14.0 Å². The van der Waals surface area contributed by atoms with Gasteiger partial charge in [0.2, 0.25) is 5.60 Å². The lowest BCUT2D eigenvalue weighted by molar-refractivity contribution is -0.232. The first-order chi connectivity index (χ1) is 14.7. The van der Waals surface area contributed by atoms with Crippen molar-refractivity contribution in [3.8, 4) is 0 Å². The van der Waals surface area contributed by atoms with Crippen molar-refractivity contribution in [2.24, 2.45) is 28.1 Å². The Morgan fingerprint density at radius 3 is 2.22 bits per heavy atom. The molecule has 5 fully saturated rings. The number of hydrogen-bond acceptors (Lipinski definition) is 11. The maximum Gasteiger partial charge on any atom is 0.342 e. The van der Waals surface area contributed by atoms with Gasteiger partial charge in [0.1, 0.15) is 18.8 Å². The van der Waals surface area contributed by atoms with Gasteiger partial charge in [0, 0.05) is 13.0 Å². The molecule has 0 radical (unpaired) electrons. The molecular weight excluding hydrogens is 428 g/mol. The highest BCUT2D eigenvalue weighted by atomic mass is 16.6. The van der Waals surface area contributed by atoms with Crippen molar-refractivity contribution in [3.63, 3.8) is 0 Å². The summed E-state index contributed by atoms with van der Waals surface area (Å²) in [6.45, 7) is 6.22. The van der Waals surface area contributed by atoms with Gasteiger partial charge < -0.3 is 39.4 Å². The van der Waals surface area contributed by atoms with Crippen LogP contribution in [0, 0.1) is 28.1 Å². The van der Waals surface area contributed by atoms with Gasteiger partial charge in [-0.15, -0.1) is 0 Å². The lowest BCUT2D eigenvalue weighted by Gasteiger charge is -2.52. The second-order valence-corrected chi connectivity index (χ2v) is 10.9. The van der Waals surface area contributed by atoms with Crippen molar-refractivity contribution < 1.29 is 53.8 Å². The lowest BCUT2D eigenvalue weighted by Crippen LogP contribution is -2.71. The van der Waals surface area contributed by atoms with E-state index in [4.69, 9.17) is 18.9 Å². The summed E-state index contributed by atoms with van der Waals surface area (Å²) in [6.07, 6.45) is -7.95. The van der Waals surface area contributed by atoms with Crippen molar-refractivity contribution in [1.29, 1.82) is 0 Å². The summed E-state index contributed by atoms with van der Waals surface area (Å²) in [5.74, 6) is -5.31. The molecule has 2 aliphatic carbocycles. The molecular formula is C21H28O11. The maximum absolute atomic E-state index is 13.3. The number of ether oxygens (including phenoxy) is 4. The van der Waals surface area contributed by atoms with Gasteiger partial charge in [-0.25, -0.2) is 9.59 Å². The van der Waals surface area contributed by atoms with Crippen molar-refractivity contribution >= 4 is 17.9 Å². The smallest absolute Gasteiger partial charge is 0.342 e. The van der Waals surface area contributed by atoms with E-state index in [0.29, 0.717) is 0 Å². The molecule has 5 unspecified atom stereocenters. The molecule has 2 saturated carbocycles. The summed E-state index contributed by atoms with van der Waals surface area (Å²) in [7, 11) is 1.24. The Hall–Kier alpha value is -1.79. The molecule has 0 bridgehead atoms. The summed E-state index contributed by atoms with van der Waals surface area (Å²) >= 11 is 0. The third-order valence-corrected chi connectivity index (χ3v) is 8.88. The number of hydrogen-bond donors (Lipinski definition) is 4. The van der Waals surface area contributed by atoms with Crippen molar-refractivity contribution in [3.05, 3.63) is 0 Å². The van der Waals surface area contributed by atoms with Crippen LogP contribution in [0.15, 0.2) is 0 Å². The zero-order chi connectivity index (χ0) is 23.8. The Labute approximate surface area is 183 Å². The number of rotatable bonds is 1. The maximum atomic E-state index is 13.3. The minimum atomic E-state index is -2.90. The van der Waals surface area contributed by atoms with Gasteiger partial charge in [-0.3, -0.25) is 4.79 Å². The quantitative estimate of drug-likeness (QED) is 0.252. The number of cyclic esters (lactones) is 1. The largest absolute Gasteiger partial charge is 0.463 e. The molecule has 11 heteroatoms. The predicted molar refractivity (Wildman–Crippen MR) is 100 cm³/mol. The third kappa shape index (κ3) is 1.75. The summed E-state index contributed by atoms with van der Waals surface area (Å²) < 4.78 is 21.6. The van der Waals surface area contributed by atoms with Crippen molar-refractivity contribution in [2.45, 2.75) is 69.4 Å². The molecule has 11 nitrogen and oxygen atoms in total. The highest BCUT2D eigenvalue weighted by Gasteiger charge is 2.99. The number of carbonyl (C=O) groups excluding carboxylic acids is 3. The third-order valence-electron chi connectivity index (χ3n) is 8.88. The fourth-order valence-electron chi connectivity index (χ4n) is 8.04. The van der Waals surface area contributed by atoms with Crippen LogP contribution in [0.5, 0.6) is 0 Å². The normalized spacial score (nSPS) is 56.2. The second-order valence-electron chi connectivity index (χ2n) is 10.9. The van der Waals surface area contributed by atoms with Gasteiger partial charge in [-0.1, -0.05) is 20.8 Å². The van der Waals surface area contributed by atoms with Crippen LogP contribution in [0.3, 0.4) is 0 Å². The van der Waals surface area contributed by atoms with Crippen molar-refractivity contribution in [1.82, 2.24) is 0 Å². The molecule has 5 aliphatic rings. The Balaban J connectivity index is 1.89. The minimum Gasteiger partial charge on any atom is -0.463 e. The first kappa shape index (κ1) is 22.0. The molecule has 32 heavy (non-hydrogen) atoms. The van der Waals surface area contributed by atoms with E-state index < -0.39 is 94.3 Å². The van der Waals surface area contributed by atoms with E-state index in [2.05, 4.69) is 0 Å². The van der Waals surface area contributed by atoms with Gasteiger partial charge in [-0.2, -0.15) is 0 Å². The monoisotopic (exact) mass is 456 g/mol. The molecule has 3 saturated heterocycles. The van der Waals surface area contributed by atoms with Crippen LogP contribution in [-0.2, 0) is 33.3 Å². The standard InChI is InChI=1S/C21H28O11/c1-7-14(24)31-12-10(23)19-11(32-16(26)21(19,28)20(7,12)27)8(22)9(17(2,3)4)18(19)6-30-15(25)13(18)29-5/h7-13,22-23,27-28H,6H2,1-5H3/t7-,8-,9+,10+,11?,12?,13+,18?,19?,20-,21?/m1/s1. The molecule has 0 aromatic carbocycles. The molecule has 4 N–H and O–H groups in total. The Kier molecular flexibility index (Phi) is 4.00. The van der Waals surface area contributed by atoms with Crippen LogP contribution in [0.1, 0.15) is 27.7 Å². The highest BCUT2D eigenvalue weighted by molar-refractivity contribution is 5.92. The fraction of sp³-hybridized carbons (Fsp3) is 0.857. The summed E-state index contributed by atoms with van der Waals surface area (Å²) in [4.78, 5) is 38.4. The number of methoxy groups -OCH3 is 1. The Morgan fingerprint density at radius 1 is 1.03 bits per heavy atom. The fourth-order valence-corrected chi connectivity index (χ4v) is 8.04. The molecule has 0 amide bonds. The van der Waals surface area contributed by atoms with Crippen LogP contribution < -0.4 is 0 Å². The molecule has 178 valence electrons. The molecule has 3 aliphatic heterocycles. The van der Waals surface area contributed by atoms with Crippen LogP contribution in [0.2, 0.25) is 0 Å². The average Bonchev–Trinajstić information content (AvgIpc) is 3.34. The number of fused-ring (bicyclic) bond motifs is 2. The van der Waals surface area contributed by atoms with Crippen LogP contribution >= 0.6 is 0 Å². The van der Waals surface area contributed by atoms with E-state index in [1.54, 1.807) is 20.8 Å². The first-order valence-corrected chi connectivity index (χ1v) is 10.6. The Bertz CT molecular complexity index is 927. The topological polar surface area (TPSA) is 169 Å². The van der Waals surface area contributed by atoms with Crippen LogP contribution in [0.25, 0.3) is 0 Å². The van der Waals surface area contributed by atoms with E-state index in [9.17, 15) is 34.8 Å². The highest BCUT2D eigenvalue weighted by Crippen LogP contribution is 2.78. The second kappa shape index (κ2) is 5.82. The summed E-state index contributed by atoms with van der Waals surface area (Å²) in [5.41, 5.74) is -10.1. The molecule has 11 atom stereocenters. The van der Waals surface area contributed by atoms with Gasteiger partial charge >= 0.3 is 17.9 Å².